The molecule has 0 bridgehead atoms. The van der Waals surface area contributed by atoms with Crippen molar-refractivity contribution in [3.8, 4) is 0 Å². The molecule has 1 spiro atoms. The van der Waals surface area contributed by atoms with Crippen LogP contribution in [0.25, 0.3) is 0 Å². The van der Waals surface area contributed by atoms with Gasteiger partial charge in [-0.3, -0.25) is 9.78 Å². The van der Waals surface area contributed by atoms with Gasteiger partial charge in [0.05, 0.1) is 11.3 Å². The Labute approximate surface area is 113 Å². The SMILES string of the molecule is NCc1cc(C(=O)C2CCOC3(CCC3)C2)ccn1. The molecule has 1 aromatic heterocycles. The average Bonchev–Trinajstić information content (AvgIpc) is 2.45. The number of ether oxygens (including phenoxy) is 1. The van der Waals surface area contributed by atoms with Gasteiger partial charge < -0.3 is 10.5 Å². The maximum absolute atomic E-state index is 12.6. The van der Waals surface area contributed by atoms with Crippen molar-refractivity contribution in [2.24, 2.45) is 11.7 Å². The molecular formula is C15H20N2O2. The number of aromatic nitrogens is 1. The second-order valence-corrected chi connectivity index (χ2v) is 5.68. The van der Waals surface area contributed by atoms with E-state index in [0.29, 0.717) is 13.2 Å². The van der Waals surface area contributed by atoms with Gasteiger partial charge in [-0.1, -0.05) is 0 Å². The lowest BCUT2D eigenvalue weighted by Gasteiger charge is -2.46. The first-order chi connectivity index (χ1) is 9.22. The van der Waals surface area contributed by atoms with Gasteiger partial charge in [0.15, 0.2) is 5.78 Å². The zero-order chi connectivity index (χ0) is 13.3. The molecule has 2 aliphatic rings. The number of carbonyl (C=O) groups excluding carboxylic acids is 1. The Hall–Kier alpha value is -1.26. The Morgan fingerprint density at radius 1 is 1.53 bits per heavy atom. The lowest BCUT2D eigenvalue weighted by Crippen LogP contribution is -2.47. The van der Waals surface area contributed by atoms with Crippen molar-refractivity contribution in [3.63, 3.8) is 0 Å². The number of hydrogen-bond donors (Lipinski definition) is 1. The number of hydrogen-bond acceptors (Lipinski definition) is 4. The highest BCUT2D eigenvalue weighted by Crippen LogP contribution is 2.44. The number of nitrogens with zero attached hydrogens (tertiary/aromatic N) is 1. The van der Waals surface area contributed by atoms with Crippen molar-refractivity contribution in [1.82, 2.24) is 4.98 Å². The average molecular weight is 260 g/mol. The predicted octanol–water partition coefficient (Wildman–Crippen LogP) is 2.07. The molecule has 1 saturated carbocycles. The Bertz CT molecular complexity index is 483. The van der Waals surface area contributed by atoms with E-state index in [0.717, 1.165) is 36.9 Å². The van der Waals surface area contributed by atoms with Crippen LogP contribution in [0.2, 0.25) is 0 Å². The maximum Gasteiger partial charge on any atom is 0.166 e. The molecule has 2 heterocycles. The fraction of sp³-hybridized carbons (Fsp3) is 0.600. The van der Waals surface area contributed by atoms with Crippen molar-refractivity contribution in [2.45, 2.75) is 44.2 Å². The first-order valence-corrected chi connectivity index (χ1v) is 7.06. The summed E-state index contributed by atoms with van der Waals surface area (Å²) in [6.07, 6.45) is 6.84. The molecule has 0 amide bonds. The highest BCUT2D eigenvalue weighted by Gasteiger charge is 2.44. The predicted molar refractivity (Wildman–Crippen MR) is 71.7 cm³/mol. The fourth-order valence-electron chi connectivity index (χ4n) is 3.15. The number of ketones is 1. The molecule has 2 N–H and O–H groups in total. The van der Waals surface area contributed by atoms with Gasteiger partial charge in [-0.15, -0.1) is 0 Å². The molecule has 4 nitrogen and oxygen atoms in total. The molecule has 1 saturated heterocycles. The van der Waals surface area contributed by atoms with Gasteiger partial charge in [0.1, 0.15) is 0 Å². The van der Waals surface area contributed by atoms with Crippen LogP contribution in [0.15, 0.2) is 18.3 Å². The van der Waals surface area contributed by atoms with E-state index in [1.807, 2.05) is 6.07 Å². The summed E-state index contributed by atoms with van der Waals surface area (Å²) in [7, 11) is 0. The minimum atomic E-state index is 0.0162. The third-order valence-electron chi connectivity index (χ3n) is 4.44. The Kier molecular flexibility index (Phi) is 3.37. The molecule has 0 aromatic carbocycles. The van der Waals surface area contributed by atoms with Gasteiger partial charge in [0, 0.05) is 30.8 Å². The van der Waals surface area contributed by atoms with E-state index in [4.69, 9.17) is 10.5 Å². The van der Waals surface area contributed by atoms with Crippen molar-refractivity contribution in [2.75, 3.05) is 6.61 Å². The van der Waals surface area contributed by atoms with Gasteiger partial charge in [-0.2, -0.15) is 0 Å². The Morgan fingerprint density at radius 3 is 3.05 bits per heavy atom. The van der Waals surface area contributed by atoms with Gasteiger partial charge in [-0.25, -0.2) is 0 Å². The molecule has 3 rings (SSSR count). The summed E-state index contributed by atoms with van der Waals surface area (Å²) in [6.45, 7) is 1.09. The van der Waals surface area contributed by atoms with Gasteiger partial charge >= 0.3 is 0 Å². The van der Waals surface area contributed by atoms with Gasteiger partial charge in [0.25, 0.3) is 0 Å². The van der Waals surface area contributed by atoms with E-state index in [1.165, 1.54) is 6.42 Å². The summed E-state index contributed by atoms with van der Waals surface area (Å²) in [5.74, 6) is 0.328. The molecule has 1 unspecified atom stereocenters. The molecule has 19 heavy (non-hydrogen) atoms. The van der Waals surface area contributed by atoms with Crippen LogP contribution in [0, 0.1) is 5.92 Å². The van der Waals surface area contributed by atoms with Crippen LogP contribution in [0.5, 0.6) is 0 Å². The molecular weight excluding hydrogens is 240 g/mol. The number of Topliss-reactive ketones (excluding diaryl/α,β-unsaturated/α-hetero) is 1. The van der Waals surface area contributed by atoms with Crippen molar-refractivity contribution < 1.29 is 9.53 Å². The van der Waals surface area contributed by atoms with Crippen LogP contribution in [0.3, 0.4) is 0 Å². The van der Waals surface area contributed by atoms with Crippen LogP contribution in [0.1, 0.15) is 48.2 Å². The Morgan fingerprint density at radius 2 is 2.37 bits per heavy atom. The van der Waals surface area contributed by atoms with Crippen LogP contribution in [-0.2, 0) is 11.3 Å². The highest BCUT2D eigenvalue weighted by molar-refractivity contribution is 5.98. The summed E-state index contributed by atoms with van der Waals surface area (Å²) in [5.41, 5.74) is 7.11. The van der Waals surface area contributed by atoms with E-state index >= 15 is 0 Å². The minimum Gasteiger partial charge on any atom is -0.375 e. The van der Waals surface area contributed by atoms with E-state index < -0.39 is 0 Å². The number of rotatable bonds is 3. The van der Waals surface area contributed by atoms with Crippen molar-refractivity contribution in [1.29, 1.82) is 0 Å². The summed E-state index contributed by atoms with van der Waals surface area (Å²) in [4.78, 5) is 16.7. The zero-order valence-corrected chi connectivity index (χ0v) is 11.1. The highest BCUT2D eigenvalue weighted by atomic mass is 16.5. The van der Waals surface area contributed by atoms with Crippen molar-refractivity contribution in [3.05, 3.63) is 29.6 Å². The maximum atomic E-state index is 12.6. The first kappa shape index (κ1) is 12.8. The topological polar surface area (TPSA) is 65.2 Å². The van der Waals surface area contributed by atoms with Crippen LogP contribution in [-0.4, -0.2) is 23.0 Å². The quantitative estimate of drug-likeness (QED) is 0.845. The smallest absolute Gasteiger partial charge is 0.166 e. The van der Waals surface area contributed by atoms with E-state index in [-0.39, 0.29) is 17.3 Å². The van der Waals surface area contributed by atoms with Crippen LogP contribution in [0.4, 0.5) is 0 Å². The monoisotopic (exact) mass is 260 g/mol. The molecule has 4 heteroatoms. The van der Waals surface area contributed by atoms with E-state index in [2.05, 4.69) is 4.98 Å². The minimum absolute atomic E-state index is 0.0162. The Balaban J connectivity index is 1.75. The number of carbonyl (C=O) groups is 1. The van der Waals surface area contributed by atoms with Crippen LogP contribution < -0.4 is 5.73 Å². The second kappa shape index (κ2) is 5.02. The normalized spacial score (nSPS) is 25.0. The fourth-order valence-corrected chi connectivity index (χ4v) is 3.15. The molecule has 1 atom stereocenters. The van der Waals surface area contributed by atoms with Crippen molar-refractivity contribution >= 4 is 5.78 Å². The van der Waals surface area contributed by atoms with E-state index in [1.54, 1.807) is 12.3 Å². The van der Waals surface area contributed by atoms with Gasteiger partial charge in [-0.05, 0) is 44.2 Å². The summed E-state index contributed by atoms with van der Waals surface area (Å²) < 4.78 is 5.88. The summed E-state index contributed by atoms with van der Waals surface area (Å²) in [6, 6.07) is 3.62. The third kappa shape index (κ3) is 2.42. The summed E-state index contributed by atoms with van der Waals surface area (Å²) in [5, 5.41) is 0. The largest absolute Gasteiger partial charge is 0.375 e. The number of pyridine rings is 1. The lowest BCUT2D eigenvalue weighted by molar-refractivity contribution is -0.137. The van der Waals surface area contributed by atoms with E-state index in [9.17, 15) is 4.79 Å². The standard InChI is InChI=1S/C15H20N2O2/c16-10-13-8-11(2-6-17-13)14(18)12-3-7-19-15(9-12)4-1-5-15/h2,6,8,12H,1,3-5,7,9-10,16H2. The van der Waals surface area contributed by atoms with Crippen LogP contribution >= 0.6 is 0 Å². The molecule has 1 aromatic rings. The molecule has 102 valence electrons. The summed E-state index contributed by atoms with van der Waals surface area (Å²) >= 11 is 0. The first-order valence-electron chi connectivity index (χ1n) is 7.06. The number of nitrogens with two attached hydrogens (primary N) is 1. The molecule has 1 aliphatic heterocycles. The van der Waals surface area contributed by atoms with Gasteiger partial charge in [0.2, 0.25) is 0 Å². The lowest BCUT2D eigenvalue weighted by atomic mass is 9.70. The second-order valence-electron chi connectivity index (χ2n) is 5.68. The molecule has 1 aliphatic carbocycles. The molecule has 2 fully saturated rings. The third-order valence-corrected chi connectivity index (χ3v) is 4.44. The zero-order valence-electron chi connectivity index (χ0n) is 11.1. The molecule has 0 radical (unpaired) electrons.